The second-order valence-corrected chi connectivity index (χ2v) is 11.2. The highest BCUT2D eigenvalue weighted by Crippen LogP contribution is 2.29. The number of methoxy groups -OCH3 is 1. The molecule has 8 nitrogen and oxygen atoms in total. The van der Waals surface area contributed by atoms with Crippen molar-refractivity contribution in [2.45, 2.75) is 18.4 Å². The summed E-state index contributed by atoms with van der Waals surface area (Å²) in [5.74, 6) is 0.596. The zero-order valence-corrected chi connectivity index (χ0v) is 23.7. The molecule has 0 fully saturated rings. The average molecular weight is 578 g/mol. The minimum Gasteiger partial charge on any atom is -0.493 e. The summed E-state index contributed by atoms with van der Waals surface area (Å²) < 4.78 is 38.3. The van der Waals surface area contributed by atoms with Gasteiger partial charge in [-0.3, -0.25) is 9.10 Å². The van der Waals surface area contributed by atoms with Crippen molar-refractivity contribution in [2.75, 3.05) is 18.5 Å². The van der Waals surface area contributed by atoms with Crippen LogP contribution in [0.1, 0.15) is 27.0 Å². The van der Waals surface area contributed by atoms with Crippen molar-refractivity contribution in [2.24, 2.45) is 5.10 Å². The maximum atomic E-state index is 12.9. The van der Waals surface area contributed by atoms with E-state index < -0.39 is 15.9 Å². The number of amides is 1. The third-order valence-corrected chi connectivity index (χ3v) is 8.25. The van der Waals surface area contributed by atoms with Gasteiger partial charge in [-0.25, -0.2) is 13.8 Å². The number of hydrogen-bond donors (Lipinski definition) is 1. The van der Waals surface area contributed by atoms with E-state index in [4.69, 9.17) is 21.1 Å². The summed E-state index contributed by atoms with van der Waals surface area (Å²) in [5, 5.41) is 4.65. The first-order valence-electron chi connectivity index (χ1n) is 12.2. The van der Waals surface area contributed by atoms with Crippen LogP contribution in [0.4, 0.5) is 5.69 Å². The van der Waals surface area contributed by atoms with Gasteiger partial charge in [0.25, 0.3) is 15.9 Å². The Morgan fingerprint density at radius 2 is 1.68 bits per heavy atom. The quantitative estimate of drug-likeness (QED) is 0.189. The minimum atomic E-state index is -3.73. The first kappa shape index (κ1) is 28.7. The van der Waals surface area contributed by atoms with E-state index in [9.17, 15) is 13.2 Å². The van der Waals surface area contributed by atoms with Gasteiger partial charge in [0.1, 0.15) is 6.61 Å². The molecule has 0 unspecified atom stereocenters. The minimum absolute atomic E-state index is 0.188. The summed E-state index contributed by atoms with van der Waals surface area (Å²) in [5.41, 5.74) is 5.72. The Morgan fingerprint density at radius 1 is 0.975 bits per heavy atom. The van der Waals surface area contributed by atoms with Crippen molar-refractivity contribution in [3.63, 3.8) is 0 Å². The van der Waals surface area contributed by atoms with E-state index in [1.54, 1.807) is 60.7 Å². The fraction of sp³-hybridized carbons (Fsp3) is 0.133. The predicted octanol–water partition coefficient (Wildman–Crippen LogP) is 5.83. The van der Waals surface area contributed by atoms with Crippen LogP contribution in [0.25, 0.3) is 0 Å². The molecule has 4 aromatic rings. The Kier molecular flexibility index (Phi) is 9.08. The normalized spacial score (nSPS) is 11.3. The van der Waals surface area contributed by atoms with Gasteiger partial charge in [-0.05, 0) is 73.2 Å². The number of anilines is 1. The smallest absolute Gasteiger partial charge is 0.271 e. The van der Waals surface area contributed by atoms with E-state index >= 15 is 0 Å². The van der Waals surface area contributed by atoms with Crippen molar-refractivity contribution >= 4 is 39.4 Å². The highest BCUT2D eigenvalue weighted by Gasteiger charge is 2.21. The molecule has 0 spiro atoms. The summed E-state index contributed by atoms with van der Waals surface area (Å²) in [7, 11) is -0.728. The van der Waals surface area contributed by atoms with Crippen LogP contribution < -0.4 is 19.2 Å². The molecular weight excluding hydrogens is 550 g/mol. The van der Waals surface area contributed by atoms with Gasteiger partial charge in [0.15, 0.2) is 11.5 Å². The van der Waals surface area contributed by atoms with Crippen LogP contribution in [0, 0.1) is 6.92 Å². The molecule has 10 heteroatoms. The molecule has 0 bridgehead atoms. The second-order valence-electron chi connectivity index (χ2n) is 8.82. The van der Waals surface area contributed by atoms with Crippen molar-refractivity contribution in [1.82, 2.24) is 5.43 Å². The number of aryl methyl sites for hydroxylation is 1. The van der Waals surface area contributed by atoms with E-state index in [2.05, 4.69) is 10.5 Å². The Morgan fingerprint density at radius 3 is 2.35 bits per heavy atom. The number of carbonyl (C=O) groups excluding carboxylic acids is 1. The molecule has 0 radical (unpaired) electrons. The number of carbonyl (C=O) groups is 1. The molecule has 40 heavy (non-hydrogen) atoms. The molecule has 0 atom stereocenters. The topological polar surface area (TPSA) is 97.3 Å². The van der Waals surface area contributed by atoms with Crippen molar-refractivity contribution in [1.29, 1.82) is 0 Å². The van der Waals surface area contributed by atoms with Crippen molar-refractivity contribution < 1.29 is 22.7 Å². The number of rotatable bonds is 10. The highest BCUT2D eigenvalue weighted by molar-refractivity contribution is 7.92. The van der Waals surface area contributed by atoms with Gasteiger partial charge >= 0.3 is 0 Å². The van der Waals surface area contributed by atoms with E-state index in [1.165, 1.54) is 36.8 Å². The second kappa shape index (κ2) is 12.7. The lowest BCUT2D eigenvalue weighted by molar-refractivity contribution is 0.0955. The first-order valence-corrected chi connectivity index (χ1v) is 14.0. The summed E-state index contributed by atoms with van der Waals surface area (Å²) >= 11 is 6.19. The molecule has 0 heterocycles. The van der Waals surface area contributed by atoms with Crippen molar-refractivity contribution in [3.05, 3.63) is 118 Å². The molecule has 206 valence electrons. The Labute approximate surface area is 238 Å². The van der Waals surface area contributed by atoms with Gasteiger partial charge in [0, 0.05) is 23.2 Å². The molecule has 0 saturated carbocycles. The molecule has 0 saturated heterocycles. The maximum Gasteiger partial charge on any atom is 0.271 e. The molecule has 1 N–H and O–H groups in total. The third kappa shape index (κ3) is 6.80. The summed E-state index contributed by atoms with van der Waals surface area (Å²) in [6.07, 6.45) is 1.48. The number of sulfonamides is 1. The van der Waals surface area contributed by atoms with Crippen LogP contribution in [-0.2, 0) is 16.6 Å². The van der Waals surface area contributed by atoms with Crippen LogP contribution in [-0.4, -0.2) is 34.7 Å². The molecular formula is C30H28ClN3O5S. The summed E-state index contributed by atoms with van der Waals surface area (Å²) in [6.45, 7) is 2.17. The molecule has 1 amide bonds. The lowest BCUT2D eigenvalue weighted by Gasteiger charge is -2.19. The first-order chi connectivity index (χ1) is 19.2. The van der Waals surface area contributed by atoms with Crippen LogP contribution in [0.15, 0.2) is 101 Å². The molecule has 0 aliphatic heterocycles. The summed E-state index contributed by atoms with van der Waals surface area (Å²) in [4.78, 5) is 12.8. The molecule has 0 aromatic heterocycles. The number of halogens is 1. The van der Waals surface area contributed by atoms with E-state index in [1.807, 2.05) is 25.1 Å². The zero-order valence-electron chi connectivity index (χ0n) is 22.2. The SMILES string of the molecule is COc1cc(/C=N\NC(=O)c2ccc(N(C)S(=O)(=O)c3ccc(C)cc3)cc2)ccc1OCc1ccccc1Cl. The predicted molar refractivity (Wildman–Crippen MR) is 157 cm³/mol. The number of benzene rings is 4. The van der Waals surface area contributed by atoms with Crippen LogP contribution >= 0.6 is 11.6 Å². The van der Waals surface area contributed by atoms with E-state index in [0.717, 1.165) is 11.1 Å². The van der Waals surface area contributed by atoms with Crippen LogP contribution in [0.2, 0.25) is 5.02 Å². The maximum absolute atomic E-state index is 12.9. The molecule has 4 aromatic carbocycles. The third-order valence-electron chi connectivity index (χ3n) is 6.08. The van der Waals surface area contributed by atoms with Crippen molar-refractivity contribution in [3.8, 4) is 11.5 Å². The highest BCUT2D eigenvalue weighted by atomic mass is 35.5. The number of hydrogen-bond acceptors (Lipinski definition) is 6. The number of nitrogens with zero attached hydrogens (tertiary/aromatic N) is 2. The van der Waals surface area contributed by atoms with Gasteiger partial charge in [-0.15, -0.1) is 0 Å². The van der Waals surface area contributed by atoms with E-state index in [0.29, 0.717) is 33.3 Å². The largest absolute Gasteiger partial charge is 0.493 e. The molecule has 4 rings (SSSR count). The zero-order chi connectivity index (χ0) is 28.7. The summed E-state index contributed by atoms with van der Waals surface area (Å²) in [6, 6.07) is 25.5. The van der Waals surface area contributed by atoms with Gasteiger partial charge < -0.3 is 9.47 Å². The van der Waals surface area contributed by atoms with Crippen LogP contribution in [0.5, 0.6) is 11.5 Å². The standard InChI is InChI=1S/C30H28ClN3O5S/c1-21-8-15-26(16-9-21)40(36,37)34(2)25-13-11-23(12-14-25)30(35)33-32-19-22-10-17-28(29(18-22)38-3)39-20-24-6-4-5-7-27(24)31/h4-19H,20H2,1-3H3,(H,33,35)/b32-19-. The number of ether oxygens (including phenoxy) is 2. The van der Waals surface area contributed by atoms with E-state index in [-0.39, 0.29) is 11.5 Å². The van der Waals surface area contributed by atoms with Gasteiger partial charge in [-0.1, -0.05) is 47.5 Å². The Balaban J connectivity index is 1.37. The molecule has 0 aliphatic rings. The lowest BCUT2D eigenvalue weighted by Crippen LogP contribution is -2.26. The molecule has 0 aliphatic carbocycles. The number of hydrazone groups is 1. The monoisotopic (exact) mass is 577 g/mol. The van der Waals surface area contributed by atoms with Gasteiger partial charge in [-0.2, -0.15) is 5.10 Å². The average Bonchev–Trinajstić information content (AvgIpc) is 2.97. The van der Waals surface area contributed by atoms with Gasteiger partial charge in [0.2, 0.25) is 0 Å². The van der Waals surface area contributed by atoms with Gasteiger partial charge in [0.05, 0.1) is 23.9 Å². The number of nitrogens with one attached hydrogen (secondary N) is 1. The van der Waals surface area contributed by atoms with Crippen LogP contribution in [0.3, 0.4) is 0 Å². The fourth-order valence-electron chi connectivity index (χ4n) is 3.71. The lowest BCUT2D eigenvalue weighted by atomic mass is 10.2. The fourth-order valence-corrected chi connectivity index (χ4v) is 5.10. The Bertz CT molecular complexity index is 1620. The Hall–Kier alpha value is -4.34.